The van der Waals surface area contributed by atoms with Crippen LogP contribution in [0.5, 0.6) is 17.2 Å². The van der Waals surface area contributed by atoms with Gasteiger partial charge in [0.1, 0.15) is 12.4 Å². The summed E-state index contributed by atoms with van der Waals surface area (Å²) in [7, 11) is 0. The number of para-hydroxylation sites is 1. The molecule has 6 nitrogen and oxygen atoms in total. The van der Waals surface area contributed by atoms with Crippen LogP contribution in [0.3, 0.4) is 0 Å². The van der Waals surface area contributed by atoms with Gasteiger partial charge in [-0.1, -0.05) is 35.9 Å². The zero-order valence-electron chi connectivity index (χ0n) is 16.6. The molecule has 0 atom stereocenters. The summed E-state index contributed by atoms with van der Waals surface area (Å²) in [4.78, 5) is 12.1. The molecule has 8 heteroatoms. The van der Waals surface area contributed by atoms with Gasteiger partial charge >= 0.3 is 0 Å². The topological polar surface area (TPSA) is 80.2 Å². The van der Waals surface area contributed by atoms with Gasteiger partial charge in [0.05, 0.1) is 22.0 Å². The molecule has 0 aliphatic heterocycles. The molecule has 0 aliphatic carbocycles. The van der Waals surface area contributed by atoms with Crippen molar-refractivity contribution < 1.29 is 19.4 Å². The molecule has 3 aromatic rings. The van der Waals surface area contributed by atoms with E-state index in [9.17, 15) is 9.90 Å². The third-order valence-electron chi connectivity index (χ3n) is 4.16. The summed E-state index contributed by atoms with van der Waals surface area (Å²) in [6.45, 7) is 2.73. The first-order valence-corrected chi connectivity index (χ1v) is 10.9. The molecule has 0 spiro atoms. The number of hydrazone groups is 1. The highest BCUT2D eigenvalue weighted by atomic mass is 127. The van der Waals surface area contributed by atoms with Crippen LogP contribution in [0.2, 0.25) is 5.02 Å². The molecule has 31 heavy (non-hydrogen) atoms. The molecular formula is C23H20ClIN2O4. The monoisotopic (exact) mass is 550 g/mol. The Hall–Kier alpha value is -2.78. The zero-order valence-corrected chi connectivity index (χ0v) is 19.6. The number of aromatic hydroxyl groups is 1. The quantitative estimate of drug-likeness (QED) is 0.224. The Morgan fingerprint density at radius 3 is 2.61 bits per heavy atom. The number of hydrogen-bond donors (Lipinski definition) is 2. The summed E-state index contributed by atoms with van der Waals surface area (Å²) in [5.41, 5.74) is 4.27. The van der Waals surface area contributed by atoms with Crippen LogP contribution in [-0.2, 0) is 6.61 Å². The van der Waals surface area contributed by atoms with E-state index in [0.717, 1.165) is 14.7 Å². The standard InChI is InChI=1S/C23H20ClIN2O4/c1-2-30-21-12-16(13-26-27-23(29)18-5-3-4-6-20(18)28)11-19(25)22(21)31-14-15-7-9-17(24)10-8-15/h3-13,28H,2,14H2,1H3,(H,27,29)/b26-13+. The van der Waals surface area contributed by atoms with Gasteiger partial charge in [0, 0.05) is 5.02 Å². The van der Waals surface area contributed by atoms with Crippen LogP contribution in [0.25, 0.3) is 0 Å². The van der Waals surface area contributed by atoms with Crippen LogP contribution in [0.15, 0.2) is 65.8 Å². The highest BCUT2D eigenvalue weighted by molar-refractivity contribution is 14.1. The summed E-state index contributed by atoms with van der Waals surface area (Å²) in [5.74, 6) is 0.604. The first-order valence-electron chi connectivity index (χ1n) is 9.43. The first kappa shape index (κ1) is 22.9. The minimum atomic E-state index is -0.503. The molecule has 0 aliphatic rings. The zero-order chi connectivity index (χ0) is 22.2. The van der Waals surface area contributed by atoms with Crippen molar-refractivity contribution in [3.63, 3.8) is 0 Å². The molecule has 1 amide bonds. The number of halogens is 2. The van der Waals surface area contributed by atoms with Gasteiger partial charge in [0.2, 0.25) is 0 Å². The molecule has 160 valence electrons. The van der Waals surface area contributed by atoms with Crippen molar-refractivity contribution >= 4 is 46.3 Å². The number of hydrogen-bond acceptors (Lipinski definition) is 5. The Morgan fingerprint density at radius 2 is 1.90 bits per heavy atom. The molecule has 3 aromatic carbocycles. The molecule has 2 N–H and O–H groups in total. The van der Waals surface area contributed by atoms with Crippen LogP contribution in [-0.4, -0.2) is 23.8 Å². The average Bonchev–Trinajstić information content (AvgIpc) is 2.75. The van der Waals surface area contributed by atoms with Gasteiger partial charge in [-0.05, 0) is 77.0 Å². The molecule has 0 bridgehead atoms. The van der Waals surface area contributed by atoms with E-state index in [2.05, 4.69) is 33.1 Å². The number of phenolic OH excluding ortho intramolecular Hbond substituents is 1. The Labute approximate surface area is 199 Å². The number of nitrogens with zero attached hydrogens (tertiary/aromatic N) is 1. The molecule has 0 radical (unpaired) electrons. The van der Waals surface area contributed by atoms with Crippen molar-refractivity contribution in [2.75, 3.05) is 6.61 Å². The van der Waals surface area contributed by atoms with E-state index >= 15 is 0 Å². The van der Waals surface area contributed by atoms with Crippen LogP contribution in [0.1, 0.15) is 28.4 Å². The van der Waals surface area contributed by atoms with Gasteiger partial charge in [-0.15, -0.1) is 0 Å². The van der Waals surface area contributed by atoms with Crippen molar-refractivity contribution in [1.29, 1.82) is 0 Å². The summed E-state index contributed by atoms with van der Waals surface area (Å²) >= 11 is 8.10. The van der Waals surface area contributed by atoms with Crippen LogP contribution in [0.4, 0.5) is 0 Å². The molecule has 0 saturated carbocycles. The first-order chi connectivity index (χ1) is 15.0. The maximum absolute atomic E-state index is 12.1. The van der Waals surface area contributed by atoms with Gasteiger partial charge in [-0.2, -0.15) is 5.10 Å². The molecule has 0 saturated heterocycles. The minimum Gasteiger partial charge on any atom is -0.507 e. The number of carbonyl (C=O) groups is 1. The maximum atomic E-state index is 12.1. The van der Waals surface area contributed by atoms with Crippen LogP contribution < -0.4 is 14.9 Å². The van der Waals surface area contributed by atoms with E-state index in [1.54, 1.807) is 18.2 Å². The van der Waals surface area contributed by atoms with Gasteiger partial charge in [-0.3, -0.25) is 4.79 Å². The SMILES string of the molecule is CCOc1cc(/C=N/NC(=O)c2ccccc2O)cc(I)c1OCc1ccc(Cl)cc1. The summed E-state index contributed by atoms with van der Waals surface area (Å²) in [6.07, 6.45) is 1.51. The van der Waals surface area contributed by atoms with Gasteiger partial charge < -0.3 is 14.6 Å². The average molecular weight is 551 g/mol. The second kappa shape index (κ2) is 11.0. The number of phenols is 1. The fourth-order valence-corrected chi connectivity index (χ4v) is 3.60. The van der Waals surface area contributed by atoms with E-state index in [-0.39, 0.29) is 11.3 Å². The maximum Gasteiger partial charge on any atom is 0.275 e. The summed E-state index contributed by atoms with van der Waals surface area (Å²) < 4.78 is 12.6. The number of ether oxygens (including phenoxy) is 2. The number of rotatable bonds is 8. The highest BCUT2D eigenvalue weighted by Gasteiger charge is 2.13. The van der Waals surface area contributed by atoms with Gasteiger partial charge in [0.15, 0.2) is 11.5 Å². The molecule has 0 aromatic heterocycles. The molecular weight excluding hydrogens is 531 g/mol. The summed E-state index contributed by atoms with van der Waals surface area (Å²) in [6, 6.07) is 17.4. The van der Waals surface area contributed by atoms with E-state index in [1.807, 2.05) is 37.3 Å². The Kier molecular flexibility index (Phi) is 8.13. The van der Waals surface area contributed by atoms with Crippen LogP contribution >= 0.6 is 34.2 Å². The fraction of sp³-hybridized carbons (Fsp3) is 0.130. The lowest BCUT2D eigenvalue weighted by molar-refractivity contribution is 0.0952. The summed E-state index contributed by atoms with van der Waals surface area (Å²) in [5, 5.41) is 14.4. The fourth-order valence-electron chi connectivity index (χ4n) is 2.69. The normalized spacial score (nSPS) is 10.8. The van der Waals surface area contributed by atoms with Crippen LogP contribution in [0, 0.1) is 3.57 Å². The number of carbonyl (C=O) groups excluding carboxylic acids is 1. The van der Waals surface area contributed by atoms with E-state index < -0.39 is 5.91 Å². The Morgan fingerprint density at radius 1 is 1.16 bits per heavy atom. The predicted octanol–water partition coefficient (Wildman–Crippen LogP) is 5.39. The second-order valence-corrected chi connectivity index (χ2v) is 7.99. The lowest BCUT2D eigenvalue weighted by Crippen LogP contribution is -2.17. The van der Waals surface area contributed by atoms with E-state index in [1.165, 1.54) is 18.3 Å². The number of benzene rings is 3. The second-order valence-electron chi connectivity index (χ2n) is 6.39. The van der Waals surface area contributed by atoms with Crippen molar-refractivity contribution in [3.8, 4) is 17.2 Å². The molecule has 0 unspecified atom stereocenters. The van der Waals surface area contributed by atoms with E-state index in [0.29, 0.717) is 29.7 Å². The van der Waals surface area contributed by atoms with Crippen molar-refractivity contribution in [1.82, 2.24) is 5.43 Å². The van der Waals surface area contributed by atoms with Gasteiger partial charge in [-0.25, -0.2) is 5.43 Å². The van der Waals surface area contributed by atoms with E-state index in [4.69, 9.17) is 21.1 Å². The number of nitrogens with one attached hydrogen (secondary N) is 1. The predicted molar refractivity (Wildman–Crippen MR) is 129 cm³/mol. The Bertz CT molecular complexity index is 1090. The van der Waals surface area contributed by atoms with Crippen molar-refractivity contribution in [3.05, 3.63) is 85.9 Å². The minimum absolute atomic E-state index is 0.106. The molecule has 3 rings (SSSR count). The molecule has 0 fully saturated rings. The number of amides is 1. The van der Waals surface area contributed by atoms with Gasteiger partial charge in [0.25, 0.3) is 5.91 Å². The van der Waals surface area contributed by atoms with Crippen molar-refractivity contribution in [2.24, 2.45) is 5.10 Å². The lowest BCUT2D eigenvalue weighted by Gasteiger charge is -2.15. The largest absolute Gasteiger partial charge is 0.507 e. The third-order valence-corrected chi connectivity index (χ3v) is 5.21. The smallest absolute Gasteiger partial charge is 0.275 e. The lowest BCUT2D eigenvalue weighted by atomic mass is 10.2. The molecule has 0 heterocycles. The Balaban J connectivity index is 1.73. The third kappa shape index (κ3) is 6.35. The van der Waals surface area contributed by atoms with Crippen molar-refractivity contribution in [2.45, 2.75) is 13.5 Å². The highest BCUT2D eigenvalue weighted by Crippen LogP contribution is 2.34.